The smallest absolute Gasteiger partial charge is 0.275 e. The van der Waals surface area contributed by atoms with E-state index >= 15 is 0 Å². The summed E-state index contributed by atoms with van der Waals surface area (Å²) < 4.78 is 1.62. The molecule has 1 heterocycles. The fourth-order valence-corrected chi connectivity index (χ4v) is 2.57. The Balaban J connectivity index is 2.24. The number of nitrogens with zero attached hydrogens (tertiary/aromatic N) is 1. The largest absolute Gasteiger partial charge is 0.290 e. The van der Waals surface area contributed by atoms with Crippen LogP contribution in [0.4, 0.5) is 0 Å². The van der Waals surface area contributed by atoms with Gasteiger partial charge in [0.05, 0.1) is 11.4 Å². The molecular weight excluding hydrogens is 260 g/mol. The molecule has 0 atom stereocenters. The van der Waals surface area contributed by atoms with Crippen molar-refractivity contribution in [3.8, 4) is 16.9 Å². The van der Waals surface area contributed by atoms with Gasteiger partial charge >= 0.3 is 0 Å². The van der Waals surface area contributed by atoms with Gasteiger partial charge < -0.3 is 0 Å². The first-order valence-corrected chi connectivity index (χ1v) is 7.14. The molecule has 1 N–H and O–H groups in total. The summed E-state index contributed by atoms with van der Waals surface area (Å²) in [6.07, 6.45) is 0. The minimum Gasteiger partial charge on any atom is -0.290 e. The van der Waals surface area contributed by atoms with Crippen molar-refractivity contribution in [1.29, 1.82) is 0 Å². The van der Waals surface area contributed by atoms with Gasteiger partial charge in [0.2, 0.25) is 0 Å². The van der Waals surface area contributed by atoms with E-state index in [1.54, 1.807) is 4.68 Å². The van der Waals surface area contributed by atoms with Gasteiger partial charge in [0, 0.05) is 5.56 Å². The third-order valence-electron chi connectivity index (χ3n) is 3.58. The van der Waals surface area contributed by atoms with Crippen LogP contribution in [0.2, 0.25) is 0 Å². The van der Waals surface area contributed by atoms with Crippen molar-refractivity contribution in [3.05, 3.63) is 76.6 Å². The van der Waals surface area contributed by atoms with Crippen molar-refractivity contribution in [2.75, 3.05) is 0 Å². The fourth-order valence-electron chi connectivity index (χ4n) is 2.57. The van der Waals surface area contributed by atoms with Gasteiger partial charge in [-0.1, -0.05) is 62.4 Å². The Morgan fingerprint density at radius 3 is 2.05 bits per heavy atom. The van der Waals surface area contributed by atoms with Crippen LogP contribution in [-0.2, 0) is 0 Å². The number of benzene rings is 2. The molecule has 2 aromatic carbocycles. The number of rotatable bonds is 3. The second-order valence-electron chi connectivity index (χ2n) is 5.40. The average Bonchev–Trinajstić information content (AvgIpc) is 2.87. The molecular formula is C18H18N2O. The molecule has 0 aliphatic rings. The van der Waals surface area contributed by atoms with Gasteiger partial charge in [-0.3, -0.25) is 9.89 Å². The van der Waals surface area contributed by atoms with Gasteiger partial charge in [-0.2, -0.15) is 0 Å². The molecule has 3 aromatic rings. The van der Waals surface area contributed by atoms with Gasteiger partial charge in [0.15, 0.2) is 0 Å². The Morgan fingerprint density at radius 2 is 1.48 bits per heavy atom. The van der Waals surface area contributed by atoms with Crippen molar-refractivity contribution in [2.45, 2.75) is 19.8 Å². The van der Waals surface area contributed by atoms with E-state index in [2.05, 4.69) is 5.10 Å². The highest BCUT2D eigenvalue weighted by Gasteiger charge is 2.18. The van der Waals surface area contributed by atoms with E-state index in [0.29, 0.717) is 0 Å². The first-order chi connectivity index (χ1) is 10.2. The highest BCUT2D eigenvalue weighted by molar-refractivity contribution is 5.63. The number of H-pyrrole nitrogens is 1. The molecule has 0 aliphatic carbocycles. The topological polar surface area (TPSA) is 37.8 Å². The maximum Gasteiger partial charge on any atom is 0.275 e. The van der Waals surface area contributed by atoms with E-state index in [0.717, 1.165) is 22.5 Å². The van der Waals surface area contributed by atoms with E-state index in [1.165, 1.54) is 0 Å². The quantitative estimate of drug-likeness (QED) is 0.773. The number of nitrogens with one attached hydrogen (secondary N) is 1. The first kappa shape index (κ1) is 13.4. The highest BCUT2D eigenvalue weighted by atomic mass is 16.1. The fraction of sp³-hybridized carbons (Fsp3) is 0.167. The van der Waals surface area contributed by atoms with Crippen LogP contribution in [0.25, 0.3) is 16.9 Å². The predicted molar refractivity (Wildman–Crippen MR) is 85.9 cm³/mol. The summed E-state index contributed by atoms with van der Waals surface area (Å²) in [4.78, 5) is 12.7. The minimum atomic E-state index is 0.0232. The Bertz CT molecular complexity index is 783. The van der Waals surface area contributed by atoms with Crippen molar-refractivity contribution < 1.29 is 0 Å². The Kier molecular flexibility index (Phi) is 3.48. The number of aromatic nitrogens is 2. The first-order valence-electron chi connectivity index (χ1n) is 7.14. The zero-order chi connectivity index (χ0) is 14.8. The SMILES string of the molecule is CC(C)c1c(-c2ccccc2)[nH]n(-c2ccccc2)c1=O. The summed E-state index contributed by atoms with van der Waals surface area (Å²) in [5.74, 6) is 0.161. The molecule has 0 bridgehead atoms. The van der Waals surface area contributed by atoms with Gasteiger partial charge in [-0.25, -0.2) is 4.68 Å². The summed E-state index contributed by atoms with van der Waals surface area (Å²) in [5.41, 5.74) is 3.64. The third-order valence-corrected chi connectivity index (χ3v) is 3.58. The molecule has 3 nitrogen and oxygen atoms in total. The summed E-state index contributed by atoms with van der Waals surface area (Å²) >= 11 is 0. The number of hydrogen-bond acceptors (Lipinski definition) is 1. The van der Waals surface area contributed by atoms with Crippen molar-refractivity contribution >= 4 is 0 Å². The monoisotopic (exact) mass is 278 g/mol. The van der Waals surface area contributed by atoms with Crippen molar-refractivity contribution in [2.24, 2.45) is 0 Å². The summed E-state index contributed by atoms with van der Waals surface area (Å²) in [6.45, 7) is 4.10. The molecule has 0 aliphatic heterocycles. The molecule has 0 radical (unpaired) electrons. The molecule has 21 heavy (non-hydrogen) atoms. The lowest BCUT2D eigenvalue weighted by atomic mass is 9.99. The minimum absolute atomic E-state index is 0.0232. The number of para-hydroxylation sites is 1. The standard InChI is InChI=1S/C18H18N2O/c1-13(2)16-17(14-9-5-3-6-10-14)19-20(18(16)21)15-11-7-4-8-12-15/h3-13,19H,1-2H3. The van der Waals surface area contributed by atoms with E-state index in [1.807, 2.05) is 74.5 Å². The summed E-state index contributed by atoms with van der Waals surface area (Å²) in [7, 11) is 0. The normalized spacial score (nSPS) is 11.0. The average molecular weight is 278 g/mol. The lowest BCUT2D eigenvalue weighted by molar-refractivity contribution is 0.825. The van der Waals surface area contributed by atoms with Crippen LogP contribution >= 0.6 is 0 Å². The lowest BCUT2D eigenvalue weighted by Gasteiger charge is -2.04. The van der Waals surface area contributed by atoms with Crippen molar-refractivity contribution in [1.82, 2.24) is 9.78 Å². The van der Waals surface area contributed by atoms with Crippen LogP contribution in [0.3, 0.4) is 0 Å². The van der Waals surface area contributed by atoms with Gasteiger partial charge in [-0.05, 0) is 23.6 Å². The maximum absolute atomic E-state index is 12.7. The van der Waals surface area contributed by atoms with Gasteiger partial charge in [0.1, 0.15) is 0 Å². The molecule has 0 unspecified atom stereocenters. The molecule has 3 heteroatoms. The van der Waals surface area contributed by atoms with Crippen molar-refractivity contribution in [3.63, 3.8) is 0 Å². The third kappa shape index (κ3) is 2.42. The molecule has 0 spiro atoms. The lowest BCUT2D eigenvalue weighted by Crippen LogP contribution is -2.17. The van der Waals surface area contributed by atoms with Crippen LogP contribution in [0, 0.1) is 0 Å². The van der Waals surface area contributed by atoms with Crippen LogP contribution < -0.4 is 5.56 Å². The Hall–Kier alpha value is -2.55. The van der Waals surface area contributed by atoms with Crippen LogP contribution in [0.15, 0.2) is 65.5 Å². The van der Waals surface area contributed by atoms with Crippen LogP contribution in [0.1, 0.15) is 25.3 Å². The van der Waals surface area contributed by atoms with E-state index in [-0.39, 0.29) is 11.5 Å². The molecule has 0 fully saturated rings. The zero-order valence-corrected chi connectivity index (χ0v) is 12.2. The second kappa shape index (κ2) is 5.44. The van der Waals surface area contributed by atoms with Crippen LogP contribution in [0.5, 0.6) is 0 Å². The van der Waals surface area contributed by atoms with Crippen LogP contribution in [-0.4, -0.2) is 9.78 Å². The molecule has 0 saturated heterocycles. The second-order valence-corrected chi connectivity index (χ2v) is 5.40. The number of hydrogen-bond donors (Lipinski definition) is 1. The summed E-state index contributed by atoms with van der Waals surface area (Å²) in [6, 6.07) is 19.6. The van der Waals surface area contributed by atoms with E-state index in [9.17, 15) is 4.79 Å². The maximum atomic E-state index is 12.7. The Morgan fingerprint density at radius 1 is 0.905 bits per heavy atom. The predicted octanol–water partition coefficient (Wildman–Crippen LogP) is 3.96. The molecule has 3 rings (SSSR count). The molecule has 1 aromatic heterocycles. The number of aromatic amines is 1. The van der Waals surface area contributed by atoms with E-state index < -0.39 is 0 Å². The van der Waals surface area contributed by atoms with Gasteiger partial charge in [0.25, 0.3) is 5.56 Å². The molecule has 0 amide bonds. The Labute approximate surface area is 123 Å². The molecule has 0 saturated carbocycles. The van der Waals surface area contributed by atoms with Gasteiger partial charge in [-0.15, -0.1) is 0 Å². The highest BCUT2D eigenvalue weighted by Crippen LogP contribution is 2.25. The van der Waals surface area contributed by atoms with E-state index in [4.69, 9.17) is 0 Å². The summed E-state index contributed by atoms with van der Waals surface area (Å²) in [5, 5.41) is 3.27. The zero-order valence-electron chi connectivity index (χ0n) is 12.2. The molecule has 106 valence electrons.